The average molecular weight is 287 g/mol. The van der Waals surface area contributed by atoms with Crippen molar-refractivity contribution in [3.05, 3.63) is 35.9 Å². The van der Waals surface area contributed by atoms with Gasteiger partial charge in [0.2, 0.25) is 5.91 Å². The summed E-state index contributed by atoms with van der Waals surface area (Å²) in [5.41, 5.74) is 6.85. The van der Waals surface area contributed by atoms with E-state index in [4.69, 9.17) is 5.73 Å². The molecule has 4 heteroatoms. The van der Waals surface area contributed by atoms with Gasteiger partial charge >= 0.3 is 0 Å². The highest BCUT2D eigenvalue weighted by atomic mass is 16.2. The van der Waals surface area contributed by atoms with E-state index in [1.165, 1.54) is 5.56 Å². The fourth-order valence-electron chi connectivity index (χ4n) is 3.27. The molecule has 1 unspecified atom stereocenters. The minimum absolute atomic E-state index is 0.0558. The number of hydrogen-bond donors (Lipinski definition) is 2. The van der Waals surface area contributed by atoms with Crippen molar-refractivity contribution in [2.24, 2.45) is 5.73 Å². The number of carbonyl (C=O) groups excluding carboxylic acids is 1. The van der Waals surface area contributed by atoms with Crippen molar-refractivity contribution in [3.63, 3.8) is 0 Å². The molecule has 0 radical (unpaired) electrons. The largest absolute Gasteiger partial charge is 0.350 e. The molecule has 0 spiro atoms. The van der Waals surface area contributed by atoms with Crippen LogP contribution in [0.5, 0.6) is 0 Å². The van der Waals surface area contributed by atoms with Crippen molar-refractivity contribution in [3.8, 4) is 0 Å². The number of hydrogen-bond acceptors (Lipinski definition) is 3. The Morgan fingerprint density at radius 3 is 2.71 bits per heavy atom. The van der Waals surface area contributed by atoms with Crippen molar-refractivity contribution in [1.82, 2.24) is 10.2 Å². The summed E-state index contributed by atoms with van der Waals surface area (Å²) < 4.78 is 0. The maximum absolute atomic E-state index is 12.2. The molecule has 1 heterocycles. The maximum Gasteiger partial charge on any atom is 0.240 e. The molecule has 1 aromatic rings. The zero-order chi connectivity index (χ0) is 14.7. The summed E-state index contributed by atoms with van der Waals surface area (Å²) in [7, 11) is 0. The van der Waals surface area contributed by atoms with E-state index in [9.17, 15) is 4.79 Å². The highest BCUT2D eigenvalue weighted by molar-refractivity contribution is 5.87. The van der Waals surface area contributed by atoms with E-state index in [1.54, 1.807) is 0 Å². The summed E-state index contributed by atoms with van der Waals surface area (Å²) >= 11 is 0. The SMILES string of the molecule is NC1(C(=O)NC2CCCN(Cc3ccccc3)C2)CCC1. The maximum atomic E-state index is 12.2. The smallest absolute Gasteiger partial charge is 0.240 e. The molecular weight excluding hydrogens is 262 g/mol. The molecule has 2 fully saturated rings. The van der Waals surface area contributed by atoms with Crippen molar-refractivity contribution in [2.75, 3.05) is 13.1 Å². The summed E-state index contributed by atoms with van der Waals surface area (Å²) in [6.45, 7) is 2.99. The molecule has 21 heavy (non-hydrogen) atoms. The molecule has 2 aliphatic rings. The molecule has 0 aromatic heterocycles. The van der Waals surface area contributed by atoms with Crippen LogP contribution >= 0.6 is 0 Å². The normalized spacial score (nSPS) is 25.1. The van der Waals surface area contributed by atoms with Crippen LogP contribution in [-0.2, 0) is 11.3 Å². The van der Waals surface area contributed by atoms with E-state index in [-0.39, 0.29) is 11.9 Å². The predicted molar refractivity (Wildman–Crippen MR) is 83.7 cm³/mol. The number of carbonyl (C=O) groups is 1. The molecule has 1 aliphatic carbocycles. The molecule has 3 rings (SSSR count). The average Bonchev–Trinajstić information content (AvgIpc) is 2.46. The Balaban J connectivity index is 1.52. The monoisotopic (exact) mass is 287 g/mol. The van der Waals surface area contributed by atoms with Crippen LogP contribution in [0.2, 0.25) is 0 Å². The van der Waals surface area contributed by atoms with E-state index < -0.39 is 5.54 Å². The molecule has 1 aromatic carbocycles. The number of nitrogens with zero attached hydrogens (tertiary/aromatic N) is 1. The number of likely N-dealkylation sites (tertiary alicyclic amines) is 1. The molecule has 1 saturated heterocycles. The third-order valence-electron chi connectivity index (χ3n) is 4.79. The van der Waals surface area contributed by atoms with Gasteiger partial charge in [0.25, 0.3) is 0 Å². The molecule has 1 saturated carbocycles. The molecule has 114 valence electrons. The van der Waals surface area contributed by atoms with E-state index in [0.29, 0.717) is 0 Å². The van der Waals surface area contributed by atoms with Crippen molar-refractivity contribution in [2.45, 2.75) is 50.2 Å². The Kier molecular flexibility index (Phi) is 4.27. The van der Waals surface area contributed by atoms with Gasteiger partial charge in [-0.15, -0.1) is 0 Å². The number of rotatable bonds is 4. The predicted octanol–water partition coefficient (Wildman–Crippen LogP) is 1.65. The first-order chi connectivity index (χ1) is 10.2. The van der Waals surface area contributed by atoms with Gasteiger partial charge in [0.15, 0.2) is 0 Å². The lowest BCUT2D eigenvalue weighted by Crippen LogP contribution is -2.61. The van der Waals surface area contributed by atoms with Crippen LogP contribution in [0.3, 0.4) is 0 Å². The Morgan fingerprint density at radius 2 is 2.05 bits per heavy atom. The van der Waals surface area contributed by atoms with Gasteiger partial charge in [-0.25, -0.2) is 0 Å². The zero-order valence-electron chi connectivity index (χ0n) is 12.6. The lowest BCUT2D eigenvalue weighted by molar-refractivity contribution is -0.130. The lowest BCUT2D eigenvalue weighted by atomic mass is 9.77. The van der Waals surface area contributed by atoms with Crippen LogP contribution in [0.25, 0.3) is 0 Å². The highest BCUT2D eigenvalue weighted by Gasteiger charge is 2.41. The van der Waals surface area contributed by atoms with Crippen LogP contribution in [0.15, 0.2) is 30.3 Å². The Bertz CT molecular complexity index is 484. The van der Waals surface area contributed by atoms with Crippen molar-refractivity contribution < 1.29 is 4.79 Å². The summed E-state index contributed by atoms with van der Waals surface area (Å²) in [6.07, 6.45) is 4.94. The first-order valence-corrected chi connectivity index (χ1v) is 8.02. The van der Waals surface area contributed by atoms with E-state index >= 15 is 0 Å². The van der Waals surface area contributed by atoms with Crippen LogP contribution in [0.1, 0.15) is 37.7 Å². The van der Waals surface area contributed by atoms with Crippen LogP contribution in [-0.4, -0.2) is 35.5 Å². The second-order valence-corrected chi connectivity index (χ2v) is 6.54. The second-order valence-electron chi connectivity index (χ2n) is 6.54. The number of amides is 1. The van der Waals surface area contributed by atoms with Crippen molar-refractivity contribution >= 4 is 5.91 Å². The number of piperidine rings is 1. The number of nitrogens with two attached hydrogens (primary N) is 1. The first kappa shape index (κ1) is 14.5. The van der Waals surface area contributed by atoms with Gasteiger partial charge in [-0.2, -0.15) is 0 Å². The second kappa shape index (κ2) is 6.16. The molecule has 3 N–H and O–H groups in total. The number of benzene rings is 1. The van der Waals surface area contributed by atoms with Gasteiger partial charge in [0, 0.05) is 19.1 Å². The Labute approximate surface area is 126 Å². The third-order valence-corrected chi connectivity index (χ3v) is 4.79. The summed E-state index contributed by atoms with van der Waals surface area (Å²) in [5, 5.41) is 3.17. The lowest BCUT2D eigenvalue weighted by Gasteiger charge is -2.39. The molecule has 1 atom stereocenters. The van der Waals surface area contributed by atoms with Gasteiger partial charge in [-0.3, -0.25) is 9.69 Å². The van der Waals surface area contributed by atoms with Gasteiger partial charge < -0.3 is 11.1 Å². The van der Waals surface area contributed by atoms with E-state index in [1.807, 2.05) is 6.07 Å². The van der Waals surface area contributed by atoms with E-state index in [0.717, 1.165) is 51.7 Å². The molecular formula is C17H25N3O. The minimum Gasteiger partial charge on any atom is -0.350 e. The Morgan fingerprint density at radius 1 is 1.29 bits per heavy atom. The highest BCUT2D eigenvalue weighted by Crippen LogP contribution is 2.29. The minimum atomic E-state index is -0.582. The van der Waals surface area contributed by atoms with Gasteiger partial charge in [-0.1, -0.05) is 30.3 Å². The van der Waals surface area contributed by atoms with Crippen LogP contribution in [0.4, 0.5) is 0 Å². The zero-order valence-corrected chi connectivity index (χ0v) is 12.6. The number of nitrogens with one attached hydrogen (secondary N) is 1. The summed E-state index contributed by atoms with van der Waals surface area (Å²) in [6, 6.07) is 10.8. The van der Waals surface area contributed by atoms with E-state index in [2.05, 4.69) is 34.5 Å². The topological polar surface area (TPSA) is 58.4 Å². The van der Waals surface area contributed by atoms with Gasteiger partial charge in [0.05, 0.1) is 5.54 Å². The van der Waals surface area contributed by atoms with Crippen molar-refractivity contribution in [1.29, 1.82) is 0 Å². The molecule has 0 bridgehead atoms. The third kappa shape index (κ3) is 3.44. The molecule has 1 amide bonds. The fourth-order valence-corrected chi connectivity index (χ4v) is 3.27. The quantitative estimate of drug-likeness (QED) is 0.885. The van der Waals surface area contributed by atoms with Gasteiger partial charge in [0.1, 0.15) is 0 Å². The van der Waals surface area contributed by atoms with Crippen LogP contribution in [0, 0.1) is 0 Å². The summed E-state index contributed by atoms with van der Waals surface area (Å²) in [5.74, 6) is 0.0558. The first-order valence-electron chi connectivity index (χ1n) is 8.02. The van der Waals surface area contributed by atoms with Gasteiger partial charge in [-0.05, 0) is 44.2 Å². The Hall–Kier alpha value is -1.39. The summed E-state index contributed by atoms with van der Waals surface area (Å²) in [4.78, 5) is 14.7. The fraction of sp³-hybridized carbons (Fsp3) is 0.588. The molecule has 1 aliphatic heterocycles. The van der Waals surface area contributed by atoms with Crippen LogP contribution < -0.4 is 11.1 Å². The molecule has 4 nitrogen and oxygen atoms in total. The standard InChI is InChI=1S/C17H25N3O/c18-17(9-5-10-17)16(21)19-15-8-4-11-20(13-15)12-14-6-2-1-3-7-14/h1-3,6-7,15H,4-5,8-13,18H2,(H,19,21).